The highest BCUT2D eigenvalue weighted by Crippen LogP contribution is 2.24. The van der Waals surface area contributed by atoms with Gasteiger partial charge in [-0.1, -0.05) is 0 Å². The van der Waals surface area contributed by atoms with Crippen molar-refractivity contribution in [3.63, 3.8) is 0 Å². The van der Waals surface area contributed by atoms with Crippen LogP contribution in [0.25, 0.3) is 0 Å². The highest BCUT2D eigenvalue weighted by atomic mass is 16.7. The summed E-state index contributed by atoms with van der Waals surface area (Å²) in [6, 6.07) is 0.236. The Hall–Kier alpha value is -0.940. The van der Waals surface area contributed by atoms with Crippen LogP contribution < -0.4 is 5.73 Å². The number of hydrogen-bond acceptors (Lipinski definition) is 5. The zero-order valence-electron chi connectivity index (χ0n) is 8.82. The lowest BCUT2D eigenvalue weighted by molar-refractivity contribution is 0.000463. The van der Waals surface area contributed by atoms with Crippen molar-refractivity contribution in [3.05, 3.63) is 11.6 Å². The second kappa shape index (κ2) is 3.57. The molecular weight excluding hydrogens is 194 g/mol. The maximum atomic E-state index is 6.09. The molecule has 0 saturated carbocycles. The molecule has 0 aromatic rings. The average Bonchev–Trinajstić information content (AvgIpc) is 2.48. The fraction of sp³-hybridized carbons (Fsp3) is 0.800. The Morgan fingerprint density at radius 3 is 2.80 bits per heavy atom. The second-order valence-electron chi connectivity index (χ2n) is 4.37. The van der Waals surface area contributed by atoms with Crippen LogP contribution in [-0.4, -0.2) is 61.8 Å². The van der Waals surface area contributed by atoms with E-state index in [-0.39, 0.29) is 6.04 Å². The van der Waals surface area contributed by atoms with Crippen molar-refractivity contribution >= 4 is 0 Å². The Morgan fingerprint density at radius 2 is 1.93 bits per heavy atom. The van der Waals surface area contributed by atoms with Crippen LogP contribution in [0.4, 0.5) is 0 Å². The molecule has 0 aliphatic carbocycles. The first kappa shape index (κ1) is 9.30. The number of rotatable bonds is 0. The van der Waals surface area contributed by atoms with Crippen LogP contribution in [-0.2, 0) is 9.47 Å². The van der Waals surface area contributed by atoms with Gasteiger partial charge in [0.25, 0.3) is 0 Å². The van der Waals surface area contributed by atoms with E-state index in [1.54, 1.807) is 0 Å². The number of fused-ring (bicyclic) bond motifs is 1. The summed E-state index contributed by atoms with van der Waals surface area (Å²) < 4.78 is 11.2. The van der Waals surface area contributed by atoms with Gasteiger partial charge in [0, 0.05) is 32.2 Å². The highest BCUT2D eigenvalue weighted by molar-refractivity contribution is 5.11. The van der Waals surface area contributed by atoms with Gasteiger partial charge in [0.05, 0.1) is 6.54 Å². The summed E-state index contributed by atoms with van der Waals surface area (Å²) in [4.78, 5) is 4.66. The molecule has 2 N–H and O–H groups in total. The van der Waals surface area contributed by atoms with E-state index in [4.69, 9.17) is 15.2 Å². The SMILES string of the molecule is NC1CN2CCOC3=C(C2)N(CCO3)C1. The minimum Gasteiger partial charge on any atom is -0.463 e. The van der Waals surface area contributed by atoms with E-state index in [2.05, 4.69) is 9.80 Å². The fourth-order valence-corrected chi connectivity index (χ4v) is 2.47. The van der Waals surface area contributed by atoms with Gasteiger partial charge in [0.1, 0.15) is 18.9 Å². The summed E-state index contributed by atoms with van der Waals surface area (Å²) in [6.45, 7) is 6.09. The van der Waals surface area contributed by atoms with Crippen molar-refractivity contribution in [2.45, 2.75) is 6.04 Å². The number of ether oxygens (including phenoxy) is 2. The average molecular weight is 211 g/mol. The maximum Gasteiger partial charge on any atom is 0.300 e. The third-order valence-corrected chi connectivity index (χ3v) is 3.17. The van der Waals surface area contributed by atoms with Gasteiger partial charge in [-0.05, 0) is 0 Å². The molecule has 0 amide bonds. The van der Waals surface area contributed by atoms with Crippen LogP contribution in [0.1, 0.15) is 0 Å². The zero-order valence-corrected chi connectivity index (χ0v) is 8.82. The third-order valence-electron chi connectivity index (χ3n) is 3.17. The van der Waals surface area contributed by atoms with Crippen LogP contribution in [0.3, 0.4) is 0 Å². The second-order valence-corrected chi connectivity index (χ2v) is 4.37. The van der Waals surface area contributed by atoms with Crippen LogP contribution in [0.5, 0.6) is 0 Å². The van der Waals surface area contributed by atoms with Crippen molar-refractivity contribution < 1.29 is 9.47 Å². The van der Waals surface area contributed by atoms with Crippen molar-refractivity contribution in [2.75, 3.05) is 45.9 Å². The molecule has 0 aromatic carbocycles. The summed E-state index contributed by atoms with van der Waals surface area (Å²) in [6.07, 6.45) is 0. The molecule has 1 saturated heterocycles. The molecule has 3 aliphatic heterocycles. The first-order valence-corrected chi connectivity index (χ1v) is 5.54. The first-order valence-electron chi connectivity index (χ1n) is 5.54. The Labute approximate surface area is 89.4 Å². The molecule has 3 rings (SSSR count). The molecule has 0 aromatic heterocycles. The summed E-state index contributed by atoms with van der Waals surface area (Å²) in [7, 11) is 0. The van der Waals surface area contributed by atoms with Crippen molar-refractivity contribution in [1.29, 1.82) is 0 Å². The van der Waals surface area contributed by atoms with Gasteiger partial charge < -0.3 is 20.1 Å². The quantitative estimate of drug-likeness (QED) is 0.566. The Balaban J connectivity index is 1.94. The van der Waals surface area contributed by atoms with E-state index >= 15 is 0 Å². The standard InChI is InChI=1S/C10H17N3O2/c11-8-5-12-1-3-14-10-9(7-12)13(6-8)2-4-15-10/h8H,1-7,11H2. The third kappa shape index (κ3) is 1.66. The van der Waals surface area contributed by atoms with Crippen LogP contribution in [0, 0.1) is 0 Å². The molecular formula is C10H17N3O2. The normalized spacial score (nSPS) is 35.1. The molecule has 84 valence electrons. The summed E-state index contributed by atoms with van der Waals surface area (Å²) in [5.41, 5.74) is 7.28. The van der Waals surface area contributed by atoms with E-state index in [0.717, 1.165) is 38.7 Å². The molecule has 15 heavy (non-hydrogen) atoms. The Morgan fingerprint density at radius 1 is 1.13 bits per heavy atom. The van der Waals surface area contributed by atoms with E-state index in [1.807, 2.05) is 0 Å². The zero-order chi connectivity index (χ0) is 10.3. The maximum absolute atomic E-state index is 6.09. The van der Waals surface area contributed by atoms with Crippen LogP contribution in [0.2, 0.25) is 0 Å². The molecule has 2 bridgehead atoms. The lowest BCUT2D eigenvalue weighted by atomic mass is 10.2. The Bertz CT molecular complexity index is 292. The lowest BCUT2D eigenvalue weighted by Gasteiger charge is -2.31. The number of nitrogens with zero attached hydrogens (tertiary/aromatic N) is 2. The van der Waals surface area contributed by atoms with Gasteiger partial charge in [0.2, 0.25) is 0 Å². The monoisotopic (exact) mass is 211 g/mol. The van der Waals surface area contributed by atoms with Crippen LogP contribution >= 0.6 is 0 Å². The van der Waals surface area contributed by atoms with Gasteiger partial charge in [0.15, 0.2) is 0 Å². The summed E-state index contributed by atoms with van der Waals surface area (Å²) in [5, 5.41) is 0. The minimum absolute atomic E-state index is 0.236. The molecule has 3 aliphatic rings. The predicted octanol–water partition coefficient (Wildman–Crippen LogP) is -0.839. The van der Waals surface area contributed by atoms with Crippen LogP contribution in [0.15, 0.2) is 11.6 Å². The minimum atomic E-state index is 0.236. The van der Waals surface area contributed by atoms with E-state index in [1.165, 1.54) is 5.70 Å². The molecule has 1 fully saturated rings. The van der Waals surface area contributed by atoms with E-state index in [0.29, 0.717) is 13.2 Å². The van der Waals surface area contributed by atoms with Gasteiger partial charge >= 0.3 is 5.95 Å². The van der Waals surface area contributed by atoms with Crippen molar-refractivity contribution in [1.82, 2.24) is 9.80 Å². The number of hydrogen-bond donors (Lipinski definition) is 1. The highest BCUT2D eigenvalue weighted by Gasteiger charge is 2.31. The van der Waals surface area contributed by atoms with Crippen molar-refractivity contribution in [3.8, 4) is 0 Å². The van der Waals surface area contributed by atoms with Gasteiger partial charge in [-0.15, -0.1) is 0 Å². The largest absolute Gasteiger partial charge is 0.463 e. The molecule has 0 radical (unpaired) electrons. The predicted molar refractivity (Wildman–Crippen MR) is 54.9 cm³/mol. The number of nitrogens with two attached hydrogens (primary N) is 1. The molecule has 2 unspecified atom stereocenters. The van der Waals surface area contributed by atoms with Gasteiger partial charge in [-0.3, -0.25) is 4.90 Å². The first-order chi connectivity index (χ1) is 7.33. The Kier molecular flexibility index (Phi) is 2.21. The van der Waals surface area contributed by atoms with E-state index in [9.17, 15) is 0 Å². The van der Waals surface area contributed by atoms with Gasteiger partial charge in [-0.2, -0.15) is 0 Å². The summed E-state index contributed by atoms with van der Waals surface area (Å²) >= 11 is 0. The summed E-state index contributed by atoms with van der Waals surface area (Å²) in [5.74, 6) is 0.734. The lowest BCUT2D eigenvalue weighted by Crippen LogP contribution is -2.43. The molecule has 2 atom stereocenters. The molecule has 5 heteroatoms. The fourth-order valence-electron chi connectivity index (χ4n) is 2.47. The topological polar surface area (TPSA) is 51.0 Å². The van der Waals surface area contributed by atoms with Crippen molar-refractivity contribution in [2.24, 2.45) is 5.73 Å². The molecule has 5 nitrogen and oxygen atoms in total. The molecule has 0 spiro atoms. The van der Waals surface area contributed by atoms with Gasteiger partial charge in [-0.25, -0.2) is 0 Å². The smallest absolute Gasteiger partial charge is 0.300 e. The van der Waals surface area contributed by atoms with E-state index < -0.39 is 0 Å². The molecule has 3 heterocycles.